The number of benzene rings is 3. The minimum absolute atomic E-state index is 0.119. The van der Waals surface area contributed by atoms with Crippen LogP contribution in [0.15, 0.2) is 103 Å². The average Bonchev–Trinajstić information content (AvgIpc) is 3.44. The summed E-state index contributed by atoms with van der Waals surface area (Å²) in [6.07, 6.45) is 7.50. The standard InChI is InChI=1S/C33H29N3O5/c1-40-27-14-9-23(10-15-27)7-8-25-13-18-31-34-30(21-36(31)20-25)32(37)35-29(33(38)39)19-24-11-16-28(17-12-24)41-22-26-5-3-2-4-6-26/h2-18,20-21,29H,19,22H2,1H3,(H,35,37)(H,38,39). The van der Waals surface area contributed by atoms with Gasteiger partial charge in [-0.2, -0.15) is 0 Å². The lowest BCUT2D eigenvalue weighted by Gasteiger charge is -2.14. The molecule has 1 unspecified atom stereocenters. The van der Waals surface area contributed by atoms with Gasteiger partial charge in [0.15, 0.2) is 0 Å². The van der Waals surface area contributed by atoms with Crippen LogP contribution in [0.25, 0.3) is 17.8 Å². The molecule has 3 aromatic carbocycles. The number of aliphatic carboxylic acids is 1. The first-order chi connectivity index (χ1) is 20.0. The van der Waals surface area contributed by atoms with Gasteiger partial charge in [0.25, 0.3) is 5.91 Å². The number of hydrogen-bond acceptors (Lipinski definition) is 5. The van der Waals surface area contributed by atoms with E-state index in [-0.39, 0.29) is 12.1 Å². The van der Waals surface area contributed by atoms with Crippen LogP contribution in [0.3, 0.4) is 0 Å². The summed E-state index contributed by atoms with van der Waals surface area (Å²) in [4.78, 5) is 29.3. The molecule has 8 heteroatoms. The molecule has 0 saturated heterocycles. The third-order valence-electron chi connectivity index (χ3n) is 6.51. The van der Waals surface area contributed by atoms with Gasteiger partial charge in [-0.3, -0.25) is 4.79 Å². The number of pyridine rings is 1. The van der Waals surface area contributed by atoms with Crippen LogP contribution in [-0.2, 0) is 17.8 Å². The van der Waals surface area contributed by atoms with Crippen molar-refractivity contribution in [3.05, 3.63) is 131 Å². The Morgan fingerprint density at radius 1 is 0.854 bits per heavy atom. The summed E-state index contributed by atoms with van der Waals surface area (Å²) >= 11 is 0. The van der Waals surface area contributed by atoms with Crippen molar-refractivity contribution in [2.24, 2.45) is 0 Å². The molecule has 0 spiro atoms. The third-order valence-corrected chi connectivity index (χ3v) is 6.51. The average molecular weight is 548 g/mol. The molecule has 1 amide bonds. The zero-order chi connectivity index (χ0) is 28.6. The molecule has 2 heterocycles. The van der Waals surface area contributed by atoms with Gasteiger partial charge in [-0.1, -0.05) is 66.7 Å². The minimum Gasteiger partial charge on any atom is -0.497 e. The summed E-state index contributed by atoms with van der Waals surface area (Å²) in [5.41, 5.74) is 4.46. The van der Waals surface area contributed by atoms with Crippen LogP contribution in [0.5, 0.6) is 11.5 Å². The molecule has 2 N–H and O–H groups in total. The van der Waals surface area contributed by atoms with Gasteiger partial charge in [-0.05, 0) is 58.7 Å². The van der Waals surface area contributed by atoms with E-state index in [4.69, 9.17) is 9.47 Å². The van der Waals surface area contributed by atoms with Gasteiger partial charge in [0.05, 0.1) is 7.11 Å². The normalized spacial score (nSPS) is 11.8. The van der Waals surface area contributed by atoms with Crippen LogP contribution in [0.1, 0.15) is 32.7 Å². The van der Waals surface area contributed by atoms with Gasteiger partial charge in [0.2, 0.25) is 0 Å². The van der Waals surface area contributed by atoms with Crippen LogP contribution in [-0.4, -0.2) is 39.5 Å². The number of nitrogens with one attached hydrogen (secondary N) is 1. The second kappa shape index (κ2) is 12.7. The Morgan fingerprint density at radius 3 is 2.24 bits per heavy atom. The molecular weight excluding hydrogens is 518 g/mol. The van der Waals surface area contributed by atoms with E-state index in [0.717, 1.165) is 28.0 Å². The number of carboxylic acids is 1. The van der Waals surface area contributed by atoms with Crippen molar-refractivity contribution >= 4 is 29.7 Å². The number of hydrogen-bond donors (Lipinski definition) is 2. The highest BCUT2D eigenvalue weighted by Crippen LogP contribution is 2.17. The molecule has 0 bridgehead atoms. The molecule has 206 valence electrons. The lowest BCUT2D eigenvalue weighted by Crippen LogP contribution is -2.42. The zero-order valence-electron chi connectivity index (χ0n) is 22.4. The summed E-state index contributed by atoms with van der Waals surface area (Å²) in [6, 6.07) is 27.3. The predicted octanol–water partition coefficient (Wildman–Crippen LogP) is 5.52. The number of imidazole rings is 1. The SMILES string of the molecule is COc1ccc(C=Cc2ccc3nc(C(=O)NC(Cc4ccc(OCc5ccccc5)cc4)C(=O)O)cn3c2)cc1. The van der Waals surface area contributed by atoms with Gasteiger partial charge in [0.1, 0.15) is 35.5 Å². The Hall–Kier alpha value is -5.37. The first-order valence-electron chi connectivity index (χ1n) is 13.1. The predicted molar refractivity (Wildman–Crippen MR) is 157 cm³/mol. The summed E-state index contributed by atoms with van der Waals surface area (Å²) < 4.78 is 12.7. The molecule has 0 saturated carbocycles. The Bertz CT molecular complexity index is 1660. The molecule has 5 rings (SSSR count). The van der Waals surface area contributed by atoms with Crippen molar-refractivity contribution in [2.45, 2.75) is 19.1 Å². The lowest BCUT2D eigenvalue weighted by atomic mass is 10.1. The van der Waals surface area contributed by atoms with Gasteiger partial charge >= 0.3 is 5.97 Å². The van der Waals surface area contributed by atoms with Crippen LogP contribution in [0, 0.1) is 0 Å². The van der Waals surface area contributed by atoms with Crippen LogP contribution >= 0.6 is 0 Å². The van der Waals surface area contributed by atoms with E-state index < -0.39 is 17.9 Å². The molecule has 0 aliphatic heterocycles. The number of carbonyl (C=O) groups excluding carboxylic acids is 1. The summed E-state index contributed by atoms with van der Waals surface area (Å²) in [5.74, 6) is -0.215. The van der Waals surface area contributed by atoms with E-state index in [0.29, 0.717) is 18.0 Å². The van der Waals surface area contributed by atoms with E-state index in [2.05, 4.69) is 10.3 Å². The van der Waals surface area contributed by atoms with Crippen molar-refractivity contribution in [2.75, 3.05) is 7.11 Å². The number of carboxylic acid groups (broad SMARTS) is 1. The first-order valence-corrected chi connectivity index (χ1v) is 13.1. The molecule has 0 radical (unpaired) electrons. The number of ether oxygens (including phenoxy) is 2. The van der Waals surface area contributed by atoms with Crippen LogP contribution < -0.4 is 14.8 Å². The maximum absolute atomic E-state index is 12.9. The smallest absolute Gasteiger partial charge is 0.326 e. The van der Waals surface area contributed by atoms with Gasteiger partial charge in [-0.25, -0.2) is 9.78 Å². The molecule has 41 heavy (non-hydrogen) atoms. The number of fused-ring (bicyclic) bond motifs is 1. The Kier molecular flexibility index (Phi) is 8.40. The Morgan fingerprint density at radius 2 is 1.54 bits per heavy atom. The molecule has 0 aliphatic carbocycles. The lowest BCUT2D eigenvalue weighted by molar-refractivity contribution is -0.139. The maximum atomic E-state index is 12.9. The second-order valence-electron chi connectivity index (χ2n) is 9.45. The fraction of sp³-hybridized carbons (Fsp3) is 0.121. The fourth-order valence-electron chi connectivity index (χ4n) is 4.26. The summed E-state index contributed by atoms with van der Waals surface area (Å²) in [6.45, 7) is 0.438. The van der Waals surface area contributed by atoms with E-state index >= 15 is 0 Å². The van der Waals surface area contributed by atoms with E-state index in [1.807, 2.05) is 79.0 Å². The number of nitrogens with zero attached hydrogens (tertiary/aromatic N) is 2. The number of methoxy groups -OCH3 is 1. The van der Waals surface area contributed by atoms with Crippen molar-refractivity contribution in [1.29, 1.82) is 0 Å². The monoisotopic (exact) mass is 547 g/mol. The number of carbonyl (C=O) groups is 2. The van der Waals surface area contributed by atoms with Crippen LogP contribution in [0.4, 0.5) is 0 Å². The molecule has 1 atom stereocenters. The Balaban J connectivity index is 1.21. The highest BCUT2D eigenvalue weighted by atomic mass is 16.5. The van der Waals surface area contributed by atoms with Crippen molar-refractivity contribution < 1.29 is 24.2 Å². The topological polar surface area (TPSA) is 102 Å². The molecular formula is C33H29N3O5. The molecule has 0 fully saturated rings. The molecule has 5 aromatic rings. The Labute approximate surface area is 237 Å². The molecule has 2 aromatic heterocycles. The highest BCUT2D eigenvalue weighted by Gasteiger charge is 2.22. The minimum atomic E-state index is -1.13. The fourth-order valence-corrected chi connectivity index (χ4v) is 4.26. The van der Waals surface area contributed by atoms with Gasteiger partial charge < -0.3 is 24.3 Å². The highest BCUT2D eigenvalue weighted by molar-refractivity contribution is 5.95. The third kappa shape index (κ3) is 7.19. The van der Waals surface area contributed by atoms with Crippen molar-refractivity contribution in [1.82, 2.24) is 14.7 Å². The quantitative estimate of drug-likeness (QED) is 0.226. The van der Waals surface area contributed by atoms with E-state index in [1.165, 1.54) is 0 Å². The summed E-state index contributed by atoms with van der Waals surface area (Å²) in [7, 11) is 1.63. The molecule has 8 nitrogen and oxygen atoms in total. The largest absolute Gasteiger partial charge is 0.497 e. The molecule has 0 aliphatic rings. The summed E-state index contributed by atoms with van der Waals surface area (Å²) in [5, 5.41) is 12.4. The van der Waals surface area contributed by atoms with Crippen molar-refractivity contribution in [3.8, 4) is 11.5 Å². The number of amides is 1. The number of rotatable bonds is 11. The van der Waals surface area contributed by atoms with Crippen molar-refractivity contribution in [3.63, 3.8) is 0 Å². The maximum Gasteiger partial charge on any atom is 0.326 e. The number of aromatic nitrogens is 2. The van der Waals surface area contributed by atoms with Gasteiger partial charge in [0, 0.05) is 18.8 Å². The van der Waals surface area contributed by atoms with Crippen LogP contribution in [0.2, 0.25) is 0 Å². The zero-order valence-corrected chi connectivity index (χ0v) is 22.4. The first kappa shape index (κ1) is 27.2. The van der Waals surface area contributed by atoms with E-state index in [1.54, 1.807) is 48.0 Å². The second-order valence-corrected chi connectivity index (χ2v) is 9.45. The van der Waals surface area contributed by atoms with E-state index in [9.17, 15) is 14.7 Å². The van der Waals surface area contributed by atoms with Gasteiger partial charge in [-0.15, -0.1) is 0 Å².